The first kappa shape index (κ1) is 21.1. The summed E-state index contributed by atoms with van der Waals surface area (Å²) in [5, 5.41) is 3.97. The number of para-hydroxylation sites is 1. The van der Waals surface area contributed by atoms with Crippen molar-refractivity contribution in [3.63, 3.8) is 0 Å². The van der Waals surface area contributed by atoms with Crippen molar-refractivity contribution < 1.29 is 4.79 Å². The predicted molar refractivity (Wildman–Crippen MR) is 120 cm³/mol. The number of nitrogens with zero attached hydrogens (tertiary/aromatic N) is 2. The van der Waals surface area contributed by atoms with Gasteiger partial charge in [0, 0.05) is 6.04 Å². The van der Waals surface area contributed by atoms with Gasteiger partial charge >= 0.3 is 0 Å². The fourth-order valence-electron chi connectivity index (χ4n) is 3.12. The molecule has 0 atom stereocenters. The SMILES string of the molecule is CCCCc1ccc(-n2c(SCC(=O)NC(C)C)nc3ccccc3c2=O)cc1. The maximum absolute atomic E-state index is 13.2. The van der Waals surface area contributed by atoms with E-state index < -0.39 is 0 Å². The molecule has 6 heteroatoms. The van der Waals surface area contributed by atoms with Crippen molar-refractivity contribution in [3.05, 3.63) is 64.4 Å². The van der Waals surface area contributed by atoms with Crippen molar-refractivity contribution in [2.45, 2.75) is 51.2 Å². The summed E-state index contributed by atoms with van der Waals surface area (Å²) in [6.45, 7) is 6.02. The first-order valence-corrected chi connectivity index (χ1v) is 11.0. The minimum Gasteiger partial charge on any atom is -0.353 e. The molecular formula is C23H27N3O2S. The van der Waals surface area contributed by atoms with Crippen LogP contribution < -0.4 is 10.9 Å². The van der Waals surface area contributed by atoms with Gasteiger partial charge in [0.15, 0.2) is 5.16 Å². The second-order valence-corrected chi connectivity index (χ2v) is 8.28. The van der Waals surface area contributed by atoms with Crippen molar-refractivity contribution in [3.8, 4) is 5.69 Å². The summed E-state index contributed by atoms with van der Waals surface area (Å²) in [5.74, 6) is 0.131. The molecule has 3 rings (SSSR count). The van der Waals surface area contributed by atoms with E-state index in [-0.39, 0.29) is 23.3 Å². The van der Waals surface area contributed by atoms with Gasteiger partial charge in [-0.1, -0.05) is 49.4 Å². The number of hydrogen-bond donors (Lipinski definition) is 1. The second kappa shape index (κ2) is 9.74. The van der Waals surface area contributed by atoms with E-state index in [4.69, 9.17) is 0 Å². The number of carbonyl (C=O) groups is 1. The number of fused-ring (bicyclic) bond motifs is 1. The van der Waals surface area contributed by atoms with E-state index in [0.29, 0.717) is 16.1 Å². The van der Waals surface area contributed by atoms with Crippen molar-refractivity contribution in [1.82, 2.24) is 14.9 Å². The topological polar surface area (TPSA) is 64.0 Å². The van der Waals surface area contributed by atoms with Crippen LogP contribution in [0.2, 0.25) is 0 Å². The van der Waals surface area contributed by atoms with E-state index in [1.807, 2.05) is 44.2 Å². The maximum atomic E-state index is 13.2. The number of aromatic nitrogens is 2. The molecule has 0 bridgehead atoms. The molecule has 1 N–H and O–H groups in total. The van der Waals surface area contributed by atoms with Crippen LogP contribution in [-0.2, 0) is 11.2 Å². The molecule has 2 aromatic carbocycles. The molecule has 0 aliphatic rings. The molecule has 5 nitrogen and oxygen atoms in total. The van der Waals surface area contributed by atoms with Crippen LogP contribution in [-0.4, -0.2) is 27.3 Å². The summed E-state index contributed by atoms with van der Waals surface area (Å²) in [6, 6.07) is 15.4. The van der Waals surface area contributed by atoms with Crippen molar-refractivity contribution >= 4 is 28.6 Å². The molecule has 152 valence electrons. The van der Waals surface area contributed by atoms with Crippen LogP contribution in [0.1, 0.15) is 39.2 Å². The Kier molecular flexibility index (Phi) is 7.09. The van der Waals surface area contributed by atoms with Crippen LogP contribution in [0.4, 0.5) is 0 Å². The monoisotopic (exact) mass is 409 g/mol. The summed E-state index contributed by atoms with van der Waals surface area (Å²) in [7, 11) is 0. The number of benzene rings is 2. The minimum atomic E-state index is -0.122. The number of thioether (sulfide) groups is 1. The number of nitrogens with one attached hydrogen (secondary N) is 1. The molecule has 1 aromatic heterocycles. The van der Waals surface area contributed by atoms with Gasteiger partial charge in [-0.05, 0) is 56.5 Å². The highest BCUT2D eigenvalue weighted by molar-refractivity contribution is 7.99. The van der Waals surface area contributed by atoms with Crippen LogP contribution in [0.15, 0.2) is 58.5 Å². The molecule has 3 aromatic rings. The zero-order valence-electron chi connectivity index (χ0n) is 17.1. The molecule has 0 radical (unpaired) electrons. The molecular weight excluding hydrogens is 382 g/mol. The molecule has 29 heavy (non-hydrogen) atoms. The maximum Gasteiger partial charge on any atom is 0.266 e. The quantitative estimate of drug-likeness (QED) is 0.444. The highest BCUT2D eigenvalue weighted by Gasteiger charge is 2.15. The van der Waals surface area contributed by atoms with Gasteiger partial charge in [-0.3, -0.25) is 14.2 Å². The van der Waals surface area contributed by atoms with Crippen molar-refractivity contribution in [2.24, 2.45) is 0 Å². The first-order valence-electron chi connectivity index (χ1n) is 10.0. The van der Waals surface area contributed by atoms with Crippen LogP contribution in [0.25, 0.3) is 16.6 Å². The van der Waals surface area contributed by atoms with Gasteiger partial charge in [0.2, 0.25) is 5.91 Å². The lowest BCUT2D eigenvalue weighted by molar-refractivity contribution is -0.119. The Labute approximate surface area is 175 Å². The third kappa shape index (κ3) is 5.26. The summed E-state index contributed by atoms with van der Waals surface area (Å²) < 4.78 is 1.61. The van der Waals surface area contributed by atoms with E-state index in [0.717, 1.165) is 24.9 Å². The smallest absolute Gasteiger partial charge is 0.266 e. The molecule has 0 unspecified atom stereocenters. The molecule has 0 aliphatic heterocycles. The number of hydrogen-bond acceptors (Lipinski definition) is 4. The fraction of sp³-hybridized carbons (Fsp3) is 0.348. The molecule has 0 saturated heterocycles. The Balaban J connectivity index is 2.00. The summed E-state index contributed by atoms with van der Waals surface area (Å²) in [5.41, 5.74) is 2.53. The molecule has 0 saturated carbocycles. The third-order valence-corrected chi connectivity index (χ3v) is 5.48. The van der Waals surface area contributed by atoms with Gasteiger partial charge in [-0.2, -0.15) is 0 Å². The Bertz CT molecular complexity index is 1040. The van der Waals surface area contributed by atoms with Crippen LogP contribution in [0.5, 0.6) is 0 Å². The van der Waals surface area contributed by atoms with E-state index >= 15 is 0 Å². The average molecular weight is 410 g/mol. The van der Waals surface area contributed by atoms with Crippen LogP contribution >= 0.6 is 11.8 Å². The molecule has 0 fully saturated rings. The Morgan fingerprint density at radius 1 is 1.14 bits per heavy atom. The van der Waals surface area contributed by atoms with E-state index in [2.05, 4.69) is 29.4 Å². The first-order chi connectivity index (χ1) is 14.0. The Morgan fingerprint density at radius 3 is 2.55 bits per heavy atom. The summed E-state index contributed by atoms with van der Waals surface area (Å²) in [4.78, 5) is 30.0. The summed E-state index contributed by atoms with van der Waals surface area (Å²) in [6.07, 6.45) is 3.32. The van der Waals surface area contributed by atoms with E-state index in [1.54, 1.807) is 10.6 Å². The number of amides is 1. The molecule has 0 spiro atoms. The van der Waals surface area contributed by atoms with E-state index in [1.165, 1.54) is 17.3 Å². The minimum absolute atomic E-state index is 0.0746. The average Bonchev–Trinajstić information content (AvgIpc) is 2.71. The number of carbonyl (C=O) groups excluding carboxylic acids is 1. The Hall–Kier alpha value is -2.60. The number of rotatable bonds is 8. The Morgan fingerprint density at radius 2 is 1.86 bits per heavy atom. The van der Waals surface area contributed by atoms with Crippen LogP contribution in [0, 0.1) is 0 Å². The normalized spacial score (nSPS) is 11.2. The predicted octanol–water partition coefficient (Wildman–Crippen LogP) is 4.35. The van der Waals surface area contributed by atoms with Crippen molar-refractivity contribution in [1.29, 1.82) is 0 Å². The molecule has 0 aliphatic carbocycles. The lowest BCUT2D eigenvalue weighted by atomic mass is 10.1. The standard InChI is InChI=1S/C23H27N3O2S/c1-4-5-8-17-11-13-18(14-12-17)26-22(28)19-9-6-7-10-20(19)25-23(26)29-15-21(27)24-16(2)3/h6-7,9-14,16H,4-5,8,15H2,1-3H3,(H,24,27). The highest BCUT2D eigenvalue weighted by Crippen LogP contribution is 2.22. The van der Waals surface area contributed by atoms with Gasteiger partial charge in [-0.15, -0.1) is 0 Å². The highest BCUT2D eigenvalue weighted by atomic mass is 32.2. The zero-order chi connectivity index (χ0) is 20.8. The van der Waals surface area contributed by atoms with Gasteiger partial charge < -0.3 is 5.32 Å². The second-order valence-electron chi connectivity index (χ2n) is 7.33. The van der Waals surface area contributed by atoms with Gasteiger partial charge in [-0.25, -0.2) is 4.98 Å². The largest absolute Gasteiger partial charge is 0.353 e. The summed E-state index contributed by atoms with van der Waals surface area (Å²) >= 11 is 1.28. The van der Waals surface area contributed by atoms with E-state index in [9.17, 15) is 9.59 Å². The zero-order valence-corrected chi connectivity index (χ0v) is 18.0. The van der Waals surface area contributed by atoms with Gasteiger partial charge in [0.1, 0.15) is 0 Å². The van der Waals surface area contributed by atoms with Crippen LogP contribution in [0.3, 0.4) is 0 Å². The molecule has 1 amide bonds. The fourth-order valence-corrected chi connectivity index (χ4v) is 3.95. The van der Waals surface area contributed by atoms with Crippen molar-refractivity contribution in [2.75, 3.05) is 5.75 Å². The number of unbranched alkanes of at least 4 members (excludes halogenated alkanes) is 1. The number of aryl methyl sites for hydroxylation is 1. The lowest BCUT2D eigenvalue weighted by Crippen LogP contribution is -2.32. The van der Waals surface area contributed by atoms with Gasteiger partial charge in [0.05, 0.1) is 22.3 Å². The van der Waals surface area contributed by atoms with Gasteiger partial charge in [0.25, 0.3) is 5.56 Å². The molecule has 1 heterocycles. The third-order valence-electron chi connectivity index (χ3n) is 4.54. The lowest BCUT2D eigenvalue weighted by Gasteiger charge is -2.14.